The summed E-state index contributed by atoms with van der Waals surface area (Å²) in [6.45, 7) is 2.20. The van der Waals surface area contributed by atoms with Crippen LogP contribution in [0.15, 0.2) is 12.1 Å². The molecule has 0 spiro atoms. The van der Waals surface area contributed by atoms with Gasteiger partial charge in [0.15, 0.2) is 11.5 Å². The van der Waals surface area contributed by atoms with Gasteiger partial charge in [-0.1, -0.05) is 18.5 Å². The van der Waals surface area contributed by atoms with Crippen LogP contribution < -0.4 is 20.5 Å². The van der Waals surface area contributed by atoms with Crippen molar-refractivity contribution in [3.8, 4) is 11.5 Å². The van der Waals surface area contributed by atoms with Gasteiger partial charge in [0, 0.05) is 24.6 Å². The molecule has 3 N–H and O–H groups in total. The van der Waals surface area contributed by atoms with Crippen LogP contribution in [-0.4, -0.2) is 19.2 Å². The fourth-order valence-electron chi connectivity index (χ4n) is 1.38. The summed E-state index contributed by atoms with van der Waals surface area (Å²) in [7, 11) is 0. The third-order valence-electron chi connectivity index (χ3n) is 2.52. The lowest BCUT2D eigenvalue weighted by atomic mass is 10.1. The summed E-state index contributed by atoms with van der Waals surface area (Å²) in [6.07, 6.45) is 0. The van der Waals surface area contributed by atoms with E-state index in [-0.39, 0.29) is 25.2 Å². The van der Waals surface area contributed by atoms with Crippen molar-refractivity contribution in [2.75, 3.05) is 18.7 Å². The van der Waals surface area contributed by atoms with Crippen molar-refractivity contribution in [2.24, 2.45) is 11.7 Å². The van der Waals surface area contributed by atoms with Gasteiger partial charge < -0.3 is 20.5 Å². The number of benzene rings is 1. The van der Waals surface area contributed by atoms with Crippen LogP contribution in [-0.2, 0) is 4.79 Å². The Morgan fingerprint density at radius 2 is 2.18 bits per heavy atom. The molecular formula is C11H13ClN2O3. The van der Waals surface area contributed by atoms with E-state index in [4.69, 9.17) is 26.8 Å². The number of fused-ring (bicyclic) bond motifs is 1. The third kappa shape index (κ3) is 2.45. The van der Waals surface area contributed by atoms with E-state index in [1.54, 1.807) is 19.1 Å². The van der Waals surface area contributed by atoms with Crippen molar-refractivity contribution in [3.63, 3.8) is 0 Å². The zero-order valence-electron chi connectivity index (χ0n) is 9.33. The van der Waals surface area contributed by atoms with Gasteiger partial charge in [-0.15, -0.1) is 0 Å². The predicted molar refractivity (Wildman–Crippen MR) is 64.4 cm³/mol. The lowest BCUT2D eigenvalue weighted by Gasteiger charge is -2.11. The minimum absolute atomic E-state index is 0.169. The Balaban J connectivity index is 2.19. The summed E-state index contributed by atoms with van der Waals surface area (Å²) in [5.74, 6) is 0.717. The number of carbonyl (C=O) groups is 1. The van der Waals surface area contributed by atoms with Gasteiger partial charge >= 0.3 is 0 Å². The Morgan fingerprint density at radius 1 is 1.53 bits per heavy atom. The van der Waals surface area contributed by atoms with Crippen LogP contribution in [0.3, 0.4) is 0 Å². The molecule has 1 aliphatic heterocycles. The first kappa shape index (κ1) is 12.0. The van der Waals surface area contributed by atoms with E-state index >= 15 is 0 Å². The van der Waals surface area contributed by atoms with Crippen molar-refractivity contribution >= 4 is 23.2 Å². The molecule has 0 saturated heterocycles. The van der Waals surface area contributed by atoms with E-state index in [2.05, 4.69) is 5.32 Å². The van der Waals surface area contributed by atoms with Gasteiger partial charge in [-0.05, 0) is 0 Å². The average molecular weight is 257 g/mol. The molecule has 0 bridgehead atoms. The molecule has 17 heavy (non-hydrogen) atoms. The summed E-state index contributed by atoms with van der Waals surface area (Å²) in [6, 6.07) is 3.26. The highest BCUT2D eigenvalue weighted by molar-refractivity contribution is 6.34. The van der Waals surface area contributed by atoms with Crippen molar-refractivity contribution in [3.05, 3.63) is 17.2 Å². The molecule has 1 atom stereocenters. The highest BCUT2D eigenvalue weighted by atomic mass is 35.5. The summed E-state index contributed by atoms with van der Waals surface area (Å²) < 4.78 is 10.4. The molecule has 92 valence electrons. The third-order valence-corrected chi connectivity index (χ3v) is 2.83. The number of hydrogen-bond donors (Lipinski definition) is 2. The number of carbonyl (C=O) groups excluding carboxylic acids is 1. The van der Waals surface area contributed by atoms with Crippen LogP contribution in [0.5, 0.6) is 11.5 Å². The monoisotopic (exact) mass is 256 g/mol. The topological polar surface area (TPSA) is 73.6 Å². The second kappa shape index (κ2) is 4.81. The number of ether oxygens (including phenoxy) is 2. The number of nitrogens with one attached hydrogen (secondary N) is 1. The van der Waals surface area contributed by atoms with Crippen LogP contribution in [0, 0.1) is 5.92 Å². The van der Waals surface area contributed by atoms with Gasteiger partial charge in [-0.2, -0.15) is 0 Å². The molecule has 2 rings (SSSR count). The predicted octanol–water partition coefficient (Wildman–Crippen LogP) is 1.60. The first-order chi connectivity index (χ1) is 8.11. The van der Waals surface area contributed by atoms with Crippen molar-refractivity contribution in [2.45, 2.75) is 6.92 Å². The Bertz CT molecular complexity index is 451. The summed E-state index contributed by atoms with van der Waals surface area (Å²) in [4.78, 5) is 11.7. The summed E-state index contributed by atoms with van der Waals surface area (Å²) in [5, 5.41) is 3.11. The molecule has 6 heteroatoms. The lowest BCUT2D eigenvalue weighted by Crippen LogP contribution is -2.26. The maximum Gasteiger partial charge on any atom is 0.231 e. The highest BCUT2D eigenvalue weighted by Gasteiger charge is 2.19. The Labute approximate surface area is 104 Å². The lowest BCUT2D eigenvalue weighted by molar-refractivity contribution is -0.119. The first-order valence-electron chi connectivity index (χ1n) is 5.22. The molecule has 1 amide bonds. The van der Waals surface area contributed by atoms with Crippen molar-refractivity contribution < 1.29 is 14.3 Å². The number of anilines is 1. The maximum atomic E-state index is 11.7. The number of nitrogens with two attached hydrogens (primary N) is 1. The molecule has 0 fully saturated rings. The fourth-order valence-corrected chi connectivity index (χ4v) is 1.58. The molecule has 1 heterocycles. The Hall–Kier alpha value is -1.46. The van der Waals surface area contributed by atoms with E-state index < -0.39 is 0 Å². The number of amides is 1. The van der Waals surface area contributed by atoms with Gasteiger partial charge in [0.05, 0.1) is 10.7 Å². The van der Waals surface area contributed by atoms with Crippen LogP contribution in [0.25, 0.3) is 0 Å². The second-order valence-corrected chi connectivity index (χ2v) is 4.22. The molecule has 0 saturated carbocycles. The van der Waals surface area contributed by atoms with E-state index in [9.17, 15) is 4.79 Å². The molecule has 5 nitrogen and oxygen atoms in total. The van der Waals surface area contributed by atoms with Gasteiger partial charge in [-0.3, -0.25) is 4.79 Å². The maximum absolute atomic E-state index is 11.7. The van der Waals surface area contributed by atoms with Crippen LogP contribution in [0.4, 0.5) is 5.69 Å². The quantitative estimate of drug-likeness (QED) is 0.862. The molecular weight excluding hydrogens is 244 g/mol. The van der Waals surface area contributed by atoms with Gasteiger partial charge in [0.1, 0.15) is 0 Å². The first-order valence-corrected chi connectivity index (χ1v) is 5.59. The zero-order valence-corrected chi connectivity index (χ0v) is 10.1. The fraction of sp³-hybridized carbons (Fsp3) is 0.364. The standard InChI is InChI=1S/C11H13ClN2O3/c1-6(4-13)11(15)14-8-3-10-9(2-7(8)12)16-5-17-10/h2-3,6H,4-5,13H2,1H3,(H,14,15). The summed E-state index contributed by atoms with van der Waals surface area (Å²) in [5.41, 5.74) is 5.92. The second-order valence-electron chi connectivity index (χ2n) is 3.81. The summed E-state index contributed by atoms with van der Waals surface area (Å²) >= 11 is 6.02. The zero-order chi connectivity index (χ0) is 12.4. The number of hydrogen-bond acceptors (Lipinski definition) is 4. The van der Waals surface area contributed by atoms with E-state index in [0.29, 0.717) is 22.2 Å². The van der Waals surface area contributed by atoms with Gasteiger partial charge in [0.25, 0.3) is 0 Å². The Kier molecular flexibility index (Phi) is 3.40. The molecule has 0 aromatic heterocycles. The van der Waals surface area contributed by atoms with Crippen LogP contribution in [0.1, 0.15) is 6.92 Å². The molecule has 1 aromatic carbocycles. The van der Waals surface area contributed by atoms with E-state index in [0.717, 1.165) is 0 Å². The minimum atomic E-state index is -0.267. The molecule has 1 aliphatic rings. The molecule has 0 radical (unpaired) electrons. The van der Waals surface area contributed by atoms with E-state index in [1.807, 2.05) is 0 Å². The number of rotatable bonds is 3. The normalized spacial score (nSPS) is 14.5. The van der Waals surface area contributed by atoms with Crippen molar-refractivity contribution in [1.82, 2.24) is 0 Å². The molecule has 0 aliphatic carbocycles. The van der Waals surface area contributed by atoms with E-state index in [1.165, 1.54) is 0 Å². The largest absolute Gasteiger partial charge is 0.454 e. The van der Waals surface area contributed by atoms with Crippen LogP contribution in [0.2, 0.25) is 5.02 Å². The highest BCUT2D eigenvalue weighted by Crippen LogP contribution is 2.39. The molecule has 1 unspecified atom stereocenters. The van der Waals surface area contributed by atoms with Gasteiger partial charge in [-0.25, -0.2) is 0 Å². The number of halogens is 1. The molecule has 1 aromatic rings. The van der Waals surface area contributed by atoms with Crippen molar-refractivity contribution in [1.29, 1.82) is 0 Å². The average Bonchev–Trinajstić information content (AvgIpc) is 2.75. The smallest absolute Gasteiger partial charge is 0.231 e. The van der Waals surface area contributed by atoms with Crippen LogP contribution >= 0.6 is 11.6 Å². The minimum Gasteiger partial charge on any atom is -0.454 e. The van der Waals surface area contributed by atoms with Gasteiger partial charge in [0.2, 0.25) is 12.7 Å². The Morgan fingerprint density at radius 3 is 2.82 bits per heavy atom. The SMILES string of the molecule is CC(CN)C(=O)Nc1cc2c(cc1Cl)OCO2.